The fraction of sp³-hybridized carbons (Fsp3) is 0.524. The van der Waals surface area contributed by atoms with Gasteiger partial charge in [0.25, 0.3) is 0 Å². The number of benzene rings is 1. The van der Waals surface area contributed by atoms with Gasteiger partial charge in [-0.2, -0.15) is 0 Å². The van der Waals surface area contributed by atoms with E-state index in [1.54, 1.807) is 18.3 Å². The number of fused-ring (bicyclic) bond motifs is 1. The number of esters is 1. The minimum Gasteiger partial charge on any atom is -0.490 e. The average Bonchev–Trinajstić information content (AvgIpc) is 2.63. The molecule has 2 fully saturated rings. The van der Waals surface area contributed by atoms with Crippen LogP contribution in [0, 0.1) is 5.82 Å². The number of carbonyl (C=O) groups is 1. The molecule has 1 aliphatic heterocycles. The van der Waals surface area contributed by atoms with E-state index in [4.69, 9.17) is 9.47 Å². The lowest BCUT2D eigenvalue weighted by molar-refractivity contribution is -0.167. The van der Waals surface area contributed by atoms with Crippen molar-refractivity contribution in [2.24, 2.45) is 0 Å². The maximum absolute atomic E-state index is 13.6. The monoisotopic (exact) mass is 372 g/mol. The van der Waals surface area contributed by atoms with Gasteiger partial charge in [-0.15, -0.1) is 0 Å². The zero-order valence-electron chi connectivity index (χ0n) is 15.6. The Hall–Kier alpha value is -2.21. The van der Waals surface area contributed by atoms with Crippen LogP contribution in [0.2, 0.25) is 0 Å². The first-order chi connectivity index (χ1) is 13.1. The summed E-state index contributed by atoms with van der Waals surface area (Å²) in [6.07, 6.45) is 6.24. The number of halogens is 1. The number of likely N-dealkylation sites (tertiary alicyclic amines) is 1. The van der Waals surface area contributed by atoms with Gasteiger partial charge in [-0.1, -0.05) is 0 Å². The number of pyridine rings is 1. The van der Waals surface area contributed by atoms with Crippen molar-refractivity contribution >= 4 is 16.9 Å². The lowest BCUT2D eigenvalue weighted by Gasteiger charge is -2.50. The highest BCUT2D eigenvalue weighted by Gasteiger charge is 2.51. The number of nitrogens with zero attached hydrogens (tertiary/aromatic N) is 2. The fourth-order valence-corrected chi connectivity index (χ4v) is 4.20. The van der Waals surface area contributed by atoms with Crippen molar-refractivity contribution in [1.29, 1.82) is 0 Å². The van der Waals surface area contributed by atoms with Gasteiger partial charge in [0.15, 0.2) is 0 Å². The highest BCUT2D eigenvalue weighted by Crippen LogP contribution is 2.40. The summed E-state index contributed by atoms with van der Waals surface area (Å²) in [6.45, 7) is 3.89. The Balaban J connectivity index is 1.43. The summed E-state index contributed by atoms with van der Waals surface area (Å²) in [5.41, 5.74) is 0.301. The van der Waals surface area contributed by atoms with E-state index in [0.29, 0.717) is 17.7 Å². The summed E-state index contributed by atoms with van der Waals surface area (Å²) in [7, 11) is 0. The first-order valence-corrected chi connectivity index (χ1v) is 9.75. The Bertz CT molecular complexity index is 829. The molecule has 2 aromatic rings. The molecular formula is C21H25FN2O3. The van der Waals surface area contributed by atoms with Gasteiger partial charge in [0.2, 0.25) is 0 Å². The average molecular weight is 372 g/mol. The molecule has 1 aliphatic carbocycles. The SMILES string of the molecule is CCOC(=O)C1(N2CCC(Oc3ccnc4ccc(F)cc34)CC2)CCC1. The maximum atomic E-state index is 13.6. The highest BCUT2D eigenvalue weighted by molar-refractivity contribution is 5.84. The standard InChI is InChI=1S/C21H25FN2O3/c1-2-26-20(25)21(9-3-10-21)24-12-7-16(8-13-24)27-19-6-11-23-18-5-4-15(22)14-17(18)19/h4-6,11,14,16H,2-3,7-10,12-13H2,1H3. The number of piperidine rings is 1. The fourth-order valence-electron chi connectivity index (χ4n) is 4.20. The normalized spacial score (nSPS) is 20.2. The molecule has 0 bridgehead atoms. The Labute approximate surface area is 158 Å². The Morgan fingerprint density at radius 2 is 2.07 bits per heavy atom. The molecule has 0 amide bonds. The number of hydrogen-bond acceptors (Lipinski definition) is 5. The topological polar surface area (TPSA) is 51.7 Å². The van der Waals surface area contributed by atoms with Gasteiger partial charge in [-0.25, -0.2) is 4.39 Å². The van der Waals surface area contributed by atoms with Crippen molar-refractivity contribution in [1.82, 2.24) is 9.88 Å². The number of aromatic nitrogens is 1. The molecule has 1 aromatic carbocycles. The molecule has 2 heterocycles. The summed E-state index contributed by atoms with van der Waals surface area (Å²) < 4.78 is 25.2. The van der Waals surface area contributed by atoms with E-state index in [2.05, 4.69) is 9.88 Å². The van der Waals surface area contributed by atoms with Crippen LogP contribution in [0.25, 0.3) is 10.9 Å². The van der Waals surface area contributed by atoms with E-state index < -0.39 is 5.54 Å². The molecule has 4 rings (SSSR count). The molecule has 144 valence electrons. The van der Waals surface area contributed by atoms with Crippen LogP contribution in [0.3, 0.4) is 0 Å². The molecular weight excluding hydrogens is 347 g/mol. The molecule has 0 atom stereocenters. The molecule has 0 unspecified atom stereocenters. The third-order valence-corrected chi connectivity index (χ3v) is 5.84. The minimum atomic E-state index is -0.423. The van der Waals surface area contributed by atoms with Crippen LogP contribution in [0.15, 0.2) is 30.5 Å². The number of hydrogen-bond donors (Lipinski definition) is 0. The number of rotatable bonds is 5. The van der Waals surface area contributed by atoms with E-state index in [9.17, 15) is 9.18 Å². The number of ether oxygens (including phenoxy) is 2. The second kappa shape index (κ2) is 7.43. The molecule has 1 saturated heterocycles. The maximum Gasteiger partial charge on any atom is 0.326 e. The molecule has 0 N–H and O–H groups in total. The lowest BCUT2D eigenvalue weighted by atomic mass is 9.74. The van der Waals surface area contributed by atoms with E-state index in [0.717, 1.165) is 50.7 Å². The van der Waals surface area contributed by atoms with Crippen LogP contribution in [-0.2, 0) is 9.53 Å². The minimum absolute atomic E-state index is 0.0504. The van der Waals surface area contributed by atoms with E-state index in [1.165, 1.54) is 12.1 Å². The van der Waals surface area contributed by atoms with Crippen LogP contribution in [0.1, 0.15) is 39.0 Å². The third-order valence-electron chi connectivity index (χ3n) is 5.84. The predicted molar refractivity (Wildman–Crippen MR) is 100 cm³/mol. The summed E-state index contributed by atoms with van der Waals surface area (Å²) in [5.74, 6) is 0.296. The molecule has 0 radical (unpaired) electrons. The van der Waals surface area contributed by atoms with Crippen molar-refractivity contribution in [2.45, 2.75) is 50.7 Å². The second-order valence-corrected chi connectivity index (χ2v) is 7.38. The highest BCUT2D eigenvalue weighted by atomic mass is 19.1. The Morgan fingerprint density at radius 3 is 2.74 bits per heavy atom. The van der Waals surface area contributed by atoms with Gasteiger partial charge in [0.05, 0.1) is 12.1 Å². The molecule has 6 heteroatoms. The molecule has 2 aliphatic rings. The molecule has 1 aromatic heterocycles. The third kappa shape index (κ3) is 3.38. The summed E-state index contributed by atoms with van der Waals surface area (Å²) in [4.78, 5) is 19.0. The zero-order chi connectivity index (χ0) is 18.9. The predicted octanol–water partition coefficient (Wildman–Crippen LogP) is 3.70. The Kier molecular flexibility index (Phi) is 5.00. The van der Waals surface area contributed by atoms with Crippen LogP contribution in [-0.4, -0.2) is 47.2 Å². The molecule has 1 saturated carbocycles. The van der Waals surface area contributed by atoms with Crippen LogP contribution < -0.4 is 4.74 Å². The summed E-state index contributed by atoms with van der Waals surface area (Å²) in [5, 5.41) is 0.696. The van der Waals surface area contributed by atoms with E-state index in [1.807, 2.05) is 6.92 Å². The zero-order valence-corrected chi connectivity index (χ0v) is 15.6. The molecule has 27 heavy (non-hydrogen) atoms. The van der Waals surface area contributed by atoms with Crippen LogP contribution in [0.4, 0.5) is 4.39 Å². The van der Waals surface area contributed by atoms with Crippen molar-refractivity contribution in [3.8, 4) is 5.75 Å². The van der Waals surface area contributed by atoms with Gasteiger partial charge >= 0.3 is 5.97 Å². The van der Waals surface area contributed by atoms with Gasteiger partial charge in [0, 0.05) is 24.7 Å². The summed E-state index contributed by atoms with van der Waals surface area (Å²) >= 11 is 0. The first kappa shape index (κ1) is 18.2. The smallest absolute Gasteiger partial charge is 0.326 e. The van der Waals surface area contributed by atoms with Crippen molar-refractivity contribution in [2.75, 3.05) is 19.7 Å². The van der Waals surface area contributed by atoms with Crippen molar-refractivity contribution in [3.63, 3.8) is 0 Å². The van der Waals surface area contributed by atoms with Gasteiger partial charge in [-0.3, -0.25) is 14.7 Å². The second-order valence-electron chi connectivity index (χ2n) is 7.38. The molecule has 0 spiro atoms. The Morgan fingerprint density at radius 1 is 1.30 bits per heavy atom. The largest absolute Gasteiger partial charge is 0.490 e. The quantitative estimate of drug-likeness (QED) is 0.749. The van der Waals surface area contributed by atoms with Crippen LogP contribution in [0.5, 0.6) is 5.75 Å². The van der Waals surface area contributed by atoms with Gasteiger partial charge < -0.3 is 9.47 Å². The van der Waals surface area contributed by atoms with Crippen molar-refractivity contribution in [3.05, 3.63) is 36.3 Å². The first-order valence-electron chi connectivity index (χ1n) is 9.75. The van der Waals surface area contributed by atoms with E-state index >= 15 is 0 Å². The summed E-state index contributed by atoms with van der Waals surface area (Å²) in [6, 6.07) is 6.34. The van der Waals surface area contributed by atoms with Crippen LogP contribution >= 0.6 is 0 Å². The van der Waals surface area contributed by atoms with E-state index in [-0.39, 0.29) is 17.9 Å². The van der Waals surface area contributed by atoms with Gasteiger partial charge in [0.1, 0.15) is 23.2 Å². The number of carbonyl (C=O) groups excluding carboxylic acids is 1. The molecule has 5 nitrogen and oxygen atoms in total. The van der Waals surface area contributed by atoms with Gasteiger partial charge in [-0.05, 0) is 63.3 Å². The van der Waals surface area contributed by atoms with Crippen molar-refractivity contribution < 1.29 is 18.7 Å². The lowest BCUT2D eigenvalue weighted by Crippen LogP contribution is -2.62.